The molecule has 4 rings (SSSR count). The zero-order valence-electron chi connectivity index (χ0n) is 20.2. The number of nitrogens with zero attached hydrogens (tertiary/aromatic N) is 4. The molecule has 0 aliphatic heterocycles. The molecule has 0 saturated heterocycles. The topological polar surface area (TPSA) is 143 Å². The van der Waals surface area contributed by atoms with Crippen LogP contribution in [0.2, 0.25) is 0 Å². The van der Waals surface area contributed by atoms with E-state index in [4.69, 9.17) is 26.6 Å². The molecule has 0 amide bonds. The first-order valence-electron chi connectivity index (χ1n) is 11.3. The number of nitriles is 1. The van der Waals surface area contributed by atoms with E-state index in [-0.39, 0.29) is 29.5 Å². The third-order valence-electron chi connectivity index (χ3n) is 5.51. The number of pyridine rings is 1. The molecule has 0 aliphatic carbocycles. The number of benzene rings is 2. The normalized spacial score (nSPS) is 11.5. The molecule has 1 atom stereocenters. The Morgan fingerprint density at radius 2 is 1.87 bits per heavy atom. The largest absolute Gasteiger partial charge is 0.491 e. The van der Waals surface area contributed by atoms with Crippen molar-refractivity contribution in [1.82, 2.24) is 9.97 Å². The molecule has 11 heteroatoms. The van der Waals surface area contributed by atoms with Crippen LogP contribution in [0.4, 0.5) is 15.9 Å². The van der Waals surface area contributed by atoms with E-state index < -0.39 is 12.7 Å². The summed E-state index contributed by atoms with van der Waals surface area (Å²) < 4.78 is 24.5. The zero-order valence-corrected chi connectivity index (χ0v) is 21.0. The fraction of sp³-hybridized carbons (Fsp3) is 0.185. The number of aliphatic hydroxyl groups is 2. The molecule has 192 valence electrons. The molecule has 0 radical (unpaired) electrons. The SMILES string of the molecule is [C-]#[N+]c1c(N)nc(SCc2nc(-c3ccc(F)cc3)oc2C)c(C#N)c1-c1ccc(OC[C@H](O)CO)cc1. The second kappa shape index (κ2) is 11.8. The number of nitrogen functional groups attached to an aromatic ring is 1. The van der Waals surface area contributed by atoms with Crippen molar-refractivity contribution in [2.45, 2.75) is 23.8 Å². The number of rotatable bonds is 9. The van der Waals surface area contributed by atoms with Crippen LogP contribution in [0, 0.1) is 30.6 Å². The molecular formula is C27H22FN5O4S. The number of aryl methyl sites for hydroxylation is 1. The maximum Gasteiger partial charge on any atom is 0.236 e. The van der Waals surface area contributed by atoms with Crippen LogP contribution in [0.25, 0.3) is 27.4 Å². The van der Waals surface area contributed by atoms with Gasteiger partial charge in [-0.05, 0) is 48.9 Å². The number of aromatic nitrogens is 2. The van der Waals surface area contributed by atoms with Crippen LogP contribution in [0.5, 0.6) is 5.75 Å². The summed E-state index contributed by atoms with van der Waals surface area (Å²) in [6.45, 7) is 8.88. The number of nitrogens with two attached hydrogens (primary N) is 1. The lowest BCUT2D eigenvalue weighted by Gasteiger charge is -2.14. The van der Waals surface area contributed by atoms with Crippen molar-refractivity contribution in [3.05, 3.63) is 82.8 Å². The fourth-order valence-electron chi connectivity index (χ4n) is 3.55. The number of ether oxygens (including phenoxy) is 1. The van der Waals surface area contributed by atoms with Gasteiger partial charge in [-0.1, -0.05) is 23.9 Å². The minimum atomic E-state index is -1.01. The number of hydrogen-bond donors (Lipinski definition) is 3. The highest BCUT2D eigenvalue weighted by Crippen LogP contribution is 2.42. The Kier molecular flexibility index (Phi) is 8.24. The number of aliphatic hydroxyl groups excluding tert-OH is 2. The Hall–Kier alpha value is -4.42. The molecule has 0 spiro atoms. The van der Waals surface area contributed by atoms with E-state index in [9.17, 15) is 14.8 Å². The highest BCUT2D eigenvalue weighted by molar-refractivity contribution is 7.98. The minimum Gasteiger partial charge on any atom is -0.491 e. The van der Waals surface area contributed by atoms with Crippen LogP contribution in [0.1, 0.15) is 17.0 Å². The van der Waals surface area contributed by atoms with Crippen molar-refractivity contribution in [1.29, 1.82) is 5.26 Å². The summed E-state index contributed by atoms with van der Waals surface area (Å²) in [6.07, 6.45) is -1.01. The molecule has 4 N–H and O–H groups in total. The van der Waals surface area contributed by atoms with Crippen LogP contribution >= 0.6 is 11.8 Å². The van der Waals surface area contributed by atoms with Crippen molar-refractivity contribution in [2.24, 2.45) is 0 Å². The van der Waals surface area contributed by atoms with Gasteiger partial charge in [0.05, 0.1) is 24.4 Å². The third-order valence-corrected chi connectivity index (χ3v) is 6.50. The average Bonchev–Trinajstić information content (AvgIpc) is 3.30. The van der Waals surface area contributed by atoms with Crippen LogP contribution in [-0.4, -0.2) is 39.5 Å². The Balaban J connectivity index is 1.63. The van der Waals surface area contributed by atoms with E-state index in [1.54, 1.807) is 43.3 Å². The van der Waals surface area contributed by atoms with E-state index >= 15 is 0 Å². The molecule has 2 heterocycles. The van der Waals surface area contributed by atoms with E-state index in [1.165, 1.54) is 23.9 Å². The maximum absolute atomic E-state index is 13.3. The van der Waals surface area contributed by atoms with Crippen LogP contribution < -0.4 is 10.5 Å². The molecule has 0 saturated carbocycles. The molecule has 2 aromatic carbocycles. The first-order chi connectivity index (χ1) is 18.3. The summed E-state index contributed by atoms with van der Waals surface area (Å²) in [5.41, 5.74) is 8.55. The van der Waals surface area contributed by atoms with Gasteiger partial charge >= 0.3 is 0 Å². The molecule has 2 aromatic heterocycles. The maximum atomic E-state index is 13.3. The first kappa shape index (κ1) is 26.6. The quantitative estimate of drug-likeness (QED) is 0.203. The summed E-state index contributed by atoms with van der Waals surface area (Å²) in [4.78, 5) is 12.4. The summed E-state index contributed by atoms with van der Waals surface area (Å²) in [5, 5.41) is 28.8. The summed E-state index contributed by atoms with van der Waals surface area (Å²) >= 11 is 1.23. The van der Waals surface area contributed by atoms with Gasteiger partial charge in [0.15, 0.2) is 0 Å². The number of oxazole rings is 1. The number of thioether (sulfide) groups is 1. The lowest BCUT2D eigenvalue weighted by Crippen LogP contribution is -2.21. The molecular weight excluding hydrogens is 509 g/mol. The zero-order chi connectivity index (χ0) is 27.2. The number of anilines is 1. The Morgan fingerprint density at radius 3 is 2.50 bits per heavy atom. The minimum absolute atomic E-state index is 0.00762. The van der Waals surface area contributed by atoms with Crippen LogP contribution in [0.15, 0.2) is 58.0 Å². The van der Waals surface area contributed by atoms with Crippen molar-refractivity contribution >= 4 is 23.3 Å². The average molecular weight is 532 g/mol. The van der Waals surface area contributed by atoms with Gasteiger partial charge in [-0.3, -0.25) is 0 Å². The van der Waals surface area contributed by atoms with Gasteiger partial charge < -0.3 is 25.1 Å². The van der Waals surface area contributed by atoms with Gasteiger partial charge in [0.25, 0.3) is 0 Å². The van der Waals surface area contributed by atoms with Gasteiger partial charge in [0.1, 0.15) is 47.0 Å². The Labute approximate surface area is 222 Å². The lowest BCUT2D eigenvalue weighted by atomic mass is 10.00. The van der Waals surface area contributed by atoms with Gasteiger partial charge in [-0.15, -0.1) is 0 Å². The van der Waals surface area contributed by atoms with Gasteiger partial charge in [-0.25, -0.2) is 19.2 Å². The molecule has 38 heavy (non-hydrogen) atoms. The van der Waals surface area contributed by atoms with Gasteiger partial charge in [-0.2, -0.15) is 5.26 Å². The number of halogens is 1. The van der Waals surface area contributed by atoms with Crippen LogP contribution in [0.3, 0.4) is 0 Å². The van der Waals surface area contributed by atoms with Crippen molar-refractivity contribution < 1.29 is 23.8 Å². The van der Waals surface area contributed by atoms with E-state index in [0.29, 0.717) is 50.6 Å². The van der Waals surface area contributed by atoms with Crippen molar-refractivity contribution in [3.8, 4) is 34.4 Å². The smallest absolute Gasteiger partial charge is 0.236 e. The molecule has 0 bridgehead atoms. The van der Waals surface area contributed by atoms with E-state index in [2.05, 4.69) is 20.9 Å². The molecule has 0 fully saturated rings. The second-order valence-electron chi connectivity index (χ2n) is 8.11. The van der Waals surface area contributed by atoms with Crippen LogP contribution in [-0.2, 0) is 5.75 Å². The monoisotopic (exact) mass is 531 g/mol. The Morgan fingerprint density at radius 1 is 1.18 bits per heavy atom. The third kappa shape index (κ3) is 5.76. The van der Waals surface area contributed by atoms with E-state index in [0.717, 1.165) is 0 Å². The summed E-state index contributed by atoms with van der Waals surface area (Å²) in [7, 11) is 0. The predicted octanol–water partition coefficient (Wildman–Crippen LogP) is 4.88. The van der Waals surface area contributed by atoms with Gasteiger partial charge in [0, 0.05) is 16.9 Å². The lowest BCUT2D eigenvalue weighted by molar-refractivity contribution is 0.0536. The first-order valence-corrected chi connectivity index (χ1v) is 12.3. The molecule has 0 aliphatic rings. The van der Waals surface area contributed by atoms with E-state index in [1.807, 2.05) is 0 Å². The van der Waals surface area contributed by atoms with Crippen molar-refractivity contribution in [2.75, 3.05) is 18.9 Å². The Bertz CT molecular complexity index is 1530. The standard InChI is InChI=1S/C27H22FN5O4S/c1-15-22(32-26(37-15)17-3-7-18(28)8-4-17)14-38-27-21(11-29)23(24(31-2)25(30)33-27)16-5-9-20(10-6-16)36-13-19(35)12-34/h3-10,19,34-35H,12-14H2,1H3,(H2,30,33)/t19-/m1/s1. The number of hydrogen-bond acceptors (Lipinski definition) is 9. The summed E-state index contributed by atoms with van der Waals surface area (Å²) in [5.74, 6) is 1.31. The predicted molar refractivity (Wildman–Crippen MR) is 140 cm³/mol. The highest BCUT2D eigenvalue weighted by Gasteiger charge is 2.22. The van der Waals surface area contributed by atoms with Gasteiger partial charge in [0.2, 0.25) is 11.6 Å². The van der Waals surface area contributed by atoms with Crippen molar-refractivity contribution in [3.63, 3.8) is 0 Å². The molecule has 0 unspecified atom stereocenters. The fourth-order valence-corrected chi connectivity index (χ4v) is 4.55. The molecule has 4 aromatic rings. The highest BCUT2D eigenvalue weighted by atomic mass is 32.2. The summed E-state index contributed by atoms with van der Waals surface area (Å²) in [6, 6.07) is 14.6. The second-order valence-corrected chi connectivity index (χ2v) is 9.08. The molecule has 9 nitrogen and oxygen atoms in total.